The Labute approximate surface area is 63.7 Å². The molecule has 0 aliphatic carbocycles. The first-order valence-electron chi connectivity index (χ1n) is 3.99. The van der Waals surface area contributed by atoms with Crippen LogP contribution < -0.4 is 0 Å². The van der Waals surface area contributed by atoms with E-state index in [0.29, 0.717) is 0 Å². The van der Waals surface area contributed by atoms with E-state index < -0.39 is 0 Å². The second kappa shape index (κ2) is 2.75. The summed E-state index contributed by atoms with van der Waals surface area (Å²) >= 11 is 0. The van der Waals surface area contributed by atoms with E-state index in [4.69, 9.17) is 0 Å². The third kappa shape index (κ3) is 1.40. The molecule has 1 rings (SSSR count). The highest BCUT2D eigenvalue weighted by Gasteiger charge is 2.30. The van der Waals surface area contributed by atoms with Gasteiger partial charge in [0.05, 0.1) is 0 Å². The smallest absolute Gasteiger partial charge is 0.0190 e. The first-order chi connectivity index (χ1) is 4.61. The summed E-state index contributed by atoms with van der Waals surface area (Å²) in [5.41, 5.74) is 1.28. The molecule has 2 atom stereocenters. The van der Waals surface area contributed by atoms with Gasteiger partial charge in [-0.3, -0.25) is 4.90 Å². The second-order valence-corrected chi connectivity index (χ2v) is 3.60. The molecule has 0 aromatic heterocycles. The van der Waals surface area contributed by atoms with E-state index in [-0.39, 0.29) is 0 Å². The minimum Gasteiger partial charge on any atom is -0.296 e. The van der Waals surface area contributed by atoms with Crippen LogP contribution in [0.4, 0.5) is 0 Å². The summed E-state index contributed by atoms with van der Waals surface area (Å²) in [5, 5.41) is 0. The third-order valence-electron chi connectivity index (χ3n) is 2.39. The van der Waals surface area contributed by atoms with Gasteiger partial charge in [-0.2, -0.15) is 0 Å². The van der Waals surface area contributed by atoms with Crippen LogP contribution in [0.5, 0.6) is 0 Å². The number of hydrogen-bond acceptors (Lipinski definition) is 1. The lowest BCUT2D eigenvalue weighted by Gasteiger charge is -2.45. The van der Waals surface area contributed by atoms with Crippen LogP contribution in [0.2, 0.25) is 0 Å². The SMILES string of the molecule is C=C(C)CN1CC(C)C1C. The summed E-state index contributed by atoms with van der Waals surface area (Å²) in [4.78, 5) is 2.47. The van der Waals surface area contributed by atoms with Crippen molar-refractivity contribution in [3.8, 4) is 0 Å². The lowest BCUT2D eigenvalue weighted by atomic mass is 9.91. The molecule has 1 heterocycles. The zero-order chi connectivity index (χ0) is 7.72. The zero-order valence-electron chi connectivity index (χ0n) is 7.22. The van der Waals surface area contributed by atoms with Crippen molar-refractivity contribution in [2.24, 2.45) is 5.92 Å². The van der Waals surface area contributed by atoms with Crippen molar-refractivity contribution in [3.05, 3.63) is 12.2 Å². The van der Waals surface area contributed by atoms with E-state index in [9.17, 15) is 0 Å². The molecule has 1 fully saturated rings. The Bertz CT molecular complexity index is 140. The molecule has 1 aliphatic heterocycles. The maximum atomic E-state index is 3.89. The van der Waals surface area contributed by atoms with Crippen LogP contribution in [0.1, 0.15) is 20.8 Å². The van der Waals surface area contributed by atoms with E-state index in [0.717, 1.165) is 18.5 Å². The van der Waals surface area contributed by atoms with Crippen LogP contribution in [0.15, 0.2) is 12.2 Å². The van der Waals surface area contributed by atoms with Gasteiger partial charge in [-0.05, 0) is 19.8 Å². The van der Waals surface area contributed by atoms with Gasteiger partial charge < -0.3 is 0 Å². The van der Waals surface area contributed by atoms with E-state index in [1.54, 1.807) is 0 Å². The zero-order valence-corrected chi connectivity index (χ0v) is 7.22. The van der Waals surface area contributed by atoms with Crippen LogP contribution in [0.3, 0.4) is 0 Å². The van der Waals surface area contributed by atoms with Crippen molar-refractivity contribution in [3.63, 3.8) is 0 Å². The molecule has 2 unspecified atom stereocenters. The Morgan fingerprint density at radius 3 is 2.50 bits per heavy atom. The van der Waals surface area contributed by atoms with E-state index in [1.165, 1.54) is 12.1 Å². The Kier molecular flexibility index (Phi) is 2.14. The molecule has 0 N–H and O–H groups in total. The molecular weight excluding hydrogens is 122 g/mol. The minimum absolute atomic E-state index is 0.775. The van der Waals surface area contributed by atoms with E-state index >= 15 is 0 Å². The molecule has 0 saturated carbocycles. The average Bonchev–Trinajstić information content (AvgIpc) is 1.86. The van der Waals surface area contributed by atoms with Crippen molar-refractivity contribution in [2.45, 2.75) is 26.8 Å². The van der Waals surface area contributed by atoms with Crippen LogP contribution in [0, 0.1) is 5.92 Å². The van der Waals surface area contributed by atoms with Crippen molar-refractivity contribution in [2.75, 3.05) is 13.1 Å². The van der Waals surface area contributed by atoms with Crippen LogP contribution in [-0.4, -0.2) is 24.0 Å². The number of nitrogens with zero attached hydrogens (tertiary/aromatic N) is 1. The van der Waals surface area contributed by atoms with Gasteiger partial charge in [0.1, 0.15) is 0 Å². The number of likely N-dealkylation sites (tertiary alicyclic amines) is 1. The Balaban J connectivity index is 2.27. The van der Waals surface area contributed by atoms with Crippen LogP contribution >= 0.6 is 0 Å². The average molecular weight is 139 g/mol. The van der Waals surface area contributed by atoms with Gasteiger partial charge in [0.15, 0.2) is 0 Å². The molecule has 0 aromatic carbocycles. The van der Waals surface area contributed by atoms with Crippen molar-refractivity contribution in [1.82, 2.24) is 4.90 Å². The largest absolute Gasteiger partial charge is 0.296 e. The van der Waals surface area contributed by atoms with Gasteiger partial charge in [0, 0.05) is 19.1 Å². The molecule has 0 amide bonds. The summed E-state index contributed by atoms with van der Waals surface area (Å²) < 4.78 is 0. The molecule has 1 aliphatic rings. The normalized spacial score (nSPS) is 33.5. The summed E-state index contributed by atoms with van der Waals surface area (Å²) in [6, 6.07) is 0.775. The predicted molar refractivity (Wildman–Crippen MR) is 45.0 cm³/mol. The molecule has 10 heavy (non-hydrogen) atoms. The third-order valence-corrected chi connectivity index (χ3v) is 2.39. The Hall–Kier alpha value is -0.300. The van der Waals surface area contributed by atoms with Crippen LogP contribution in [0.25, 0.3) is 0 Å². The van der Waals surface area contributed by atoms with Crippen molar-refractivity contribution >= 4 is 0 Å². The standard InChI is InChI=1S/C9H17N/c1-7(2)5-10-6-8(3)9(10)4/h8-9H,1,5-6H2,2-4H3. The first kappa shape index (κ1) is 7.80. The summed E-state index contributed by atoms with van der Waals surface area (Å²) in [5.74, 6) is 0.888. The molecule has 0 radical (unpaired) electrons. The summed E-state index contributed by atoms with van der Waals surface area (Å²) in [7, 11) is 0. The van der Waals surface area contributed by atoms with Gasteiger partial charge in [-0.15, -0.1) is 0 Å². The fourth-order valence-corrected chi connectivity index (χ4v) is 1.47. The topological polar surface area (TPSA) is 3.24 Å². The maximum Gasteiger partial charge on any atom is 0.0190 e. The van der Waals surface area contributed by atoms with Crippen molar-refractivity contribution < 1.29 is 0 Å². The Morgan fingerprint density at radius 2 is 2.20 bits per heavy atom. The molecule has 0 bridgehead atoms. The highest BCUT2D eigenvalue weighted by molar-refractivity contribution is 4.97. The van der Waals surface area contributed by atoms with Crippen molar-refractivity contribution in [1.29, 1.82) is 0 Å². The molecule has 1 heteroatoms. The Morgan fingerprint density at radius 1 is 1.60 bits per heavy atom. The van der Waals surface area contributed by atoms with Gasteiger partial charge in [-0.25, -0.2) is 0 Å². The molecule has 1 nitrogen and oxygen atoms in total. The lowest BCUT2D eigenvalue weighted by Crippen LogP contribution is -2.53. The molecule has 0 spiro atoms. The van der Waals surface area contributed by atoms with E-state index in [1.807, 2.05) is 0 Å². The first-order valence-corrected chi connectivity index (χ1v) is 3.99. The van der Waals surface area contributed by atoms with Gasteiger partial charge in [-0.1, -0.05) is 19.1 Å². The minimum atomic E-state index is 0.775. The molecule has 58 valence electrons. The van der Waals surface area contributed by atoms with Crippen LogP contribution in [-0.2, 0) is 0 Å². The lowest BCUT2D eigenvalue weighted by molar-refractivity contribution is 0.0487. The maximum absolute atomic E-state index is 3.89. The predicted octanol–water partition coefficient (Wildman–Crippen LogP) is 1.90. The fourth-order valence-electron chi connectivity index (χ4n) is 1.47. The number of hydrogen-bond donors (Lipinski definition) is 0. The monoisotopic (exact) mass is 139 g/mol. The van der Waals surface area contributed by atoms with Gasteiger partial charge in [0.2, 0.25) is 0 Å². The van der Waals surface area contributed by atoms with E-state index in [2.05, 4.69) is 32.3 Å². The molecule has 0 aromatic rings. The molecule has 1 saturated heterocycles. The summed E-state index contributed by atoms with van der Waals surface area (Å²) in [6.07, 6.45) is 0. The quantitative estimate of drug-likeness (QED) is 0.528. The highest BCUT2D eigenvalue weighted by atomic mass is 15.2. The van der Waals surface area contributed by atoms with Gasteiger partial charge >= 0.3 is 0 Å². The highest BCUT2D eigenvalue weighted by Crippen LogP contribution is 2.23. The fraction of sp³-hybridized carbons (Fsp3) is 0.778. The number of rotatable bonds is 2. The summed E-state index contributed by atoms with van der Waals surface area (Å²) in [6.45, 7) is 12.9. The second-order valence-electron chi connectivity index (χ2n) is 3.60. The van der Waals surface area contributed by atoms with Gasteiger partial charge in [0.25, 0.3) is 0 Å². The molecular formula is C9H17N.